The van der Waals surface area contributed by atoms with Crippen LogP contribution in [0.3, 0.4) is 0 Å². The molecule has 0 fully saturated rings. The van der Waals surface area contributed by atoms with E-state index in [1.807, 2.05) is 66.7 Å². The lowest BCUT2D eigenvalue weighted by atomic mass is 9.92. The van der Waals surface area contributed by atoms with Crippen molar-refractivity contribution in [3.8, 4) is 39.3 Å². The van der Waals surface area contributed by atoms with Crippen molar-refractivity contribution < 1.29 is 4.57 Å². The lowest BCUT2D eigenvalue weighted by Gasteiger charge is -2.29. The number of rotatable bonds is 4. The van der Waals surface area contributed by atoms with Gasteiger partial charge < -0.3 is 4.57 Å². The summed E-state index contributed by atoms with van der Waals surface area (Å²) < 4.78 is 18.0. The highest BCUT2D eigenvalue weighted by atomic mass is 31.2. The molecule has 1 atom stereocenters. The van der Waals surface area contributed by atoms with Crippen LogP contribution < -0.4 is 15.9 Å². The van der Waals surface area contributed by atoms with Gasteiger partial charge in [0.15, 0.2) is 7.14 Å². The first-order chi connectivity index (χ1) is 24.2. The standard InChI is InChI=1S/C45H29N2OP/c48-49(35-15-5-2-6-16-35)42-21-11-20-40-44(42)47(45(46-40)32-12-3-1-4-13-32)41-27-26-33(29-43(41)49)30-22-24-31(25-23-30)39-28-34-14-7-8-17-36(34)37-18-9-10-19-38(37)39/h1-29H. The summed E-state index contributed by atoms with van der Waals surface area (Å²) in [6.45, 7) is 0. The number of fused-ring (bicyclic) bond motifs is 5. The molecule has 49 heavy (non-hydrogen) atoms. The number of benzene rings is 8. The van der Waals surface area contributed by atoms with E-state index in [-0.39, 0.29) is 0 Å². The molecule has 0 amide bonds. The quantitative estimate of drug-likeness (QED) is 0.141. The summed E-state index contributed by atoms with van der Waals surface area (Å²) in [6.07, 6.45) is 0. The zero-order chi connectivity index (χ0) is 32.5. The van der Waals surface area contributed by atoms with Gasteiger partial charge >= 0.3 is 0 Å². The minimum Gasteiger partial charge on any atom is -0.308 e. The summed E-state index contributed by atoms with van der Waals surface area (Å²) in [5.41, 5.74) is 8.19. The molecule has 2 heterocycles. The number of nitrogens with zero attached hydrogens (tertiary/aromatic N) is 2. The Bertz CT molecular complexity index is 2780. The van der Waals surface area contributed by atoms with Gasteiger partial charge in [0, 0.05) is 21.5 Å². The van der Waals surface area contributed by atoms with Crippen molar-refractivity contribution in [2.24, 2.45) is 0 Å². The van der Waals surface area contributed by atoms with Crippen molar-refractivity contribution in [2.75, 3.05) is 0 Å². The number of para-hydroxylation sites is 1. The minimum atomic E-state index is -3.26. The first-order valence-corrected chi connectivity index (χ1v) is 18.3. The third kappa shape index (κ3) is 4.16. The maximum atomic E-state index is 15.8. The Kier molecular flexibility index (Phi) is 6.15. The molecule has 9 aromatic rings. The largest absolute Gasteiger partial charge is 0.308 e. The van der Waals surface area contributed by atoms with Crippen LogP contribution in [0.4, 0.5) is 0 Å². The molecule has 1 aliphatic heterocycles. The zero-order valence-corrected chi connectivity index (χ0v) is 27.4. The van der Waals surface area contributed by atoms with Crippen LogP contribution in [0.5, 0.6) is 0 Å². The zero-order valence-electron chi connectivity index (χ0n) is 26.5. The highest BCUT2D eigenvalue weighted by Crippen LogP contribution is 2.50. The molecule has 230 valence electrons. The van der Waals surface area contributed by atoms with Crippen LogP contribution in [0.25, 0.3) is 71.9 Å². The smallest absolute Gasteiger partial charge is 0.175 e. The predicted octanol–water partition coefficient (Wildman–Crippen LogP) is 10.3. The van der Waals surface area contributed by atoms with Crippen molar-refractivity contribution in [1.29, 1.82) is 0 Å². The van der Waals surface area contributed by atoms with E-state index >= 15 is 4.57 Å². The van der Waals surface area contributed by atoms with E-state index in [4.69, 9.17) is 4.98 Å². The molecule has 0 N–H and O–H groups in total. The molecule has 1 aromatic heterocycles. The molecule has 4 heteroatoms. The first kappa shape index (κ1) is 28.0. The molecular formula is C45H29N2OP. The SMILES string of the molecule is O=P1(c2ccccc2)c2cc(-c3ccc(-c4cc5ccccc5c5ccccc45)cc3)ccc2-n2c(-c3ccccc3)nc3cccc1c32. The lowest BCUT2D eigenvalue weighted by Crippen LogP contribution is -2.33. The molecule has 0 radical (unpaired) electrons. The fourth-order valence-electron chi connectivity index (χ4n) is 7.70. The average molecular weight is 645 g/mol. The maximum Gasteiger partial charge on any atom is 0.175 e. The van der Waals surface area contributed by atoms with E-state index in [0.29, 0.717) is 0 Å². The average Bonchev–Trinajstić information content (AvgIpc) is 3.58. The van der Waals surface area contributed by atoms with Crippen molar-refractivity contribution in [1.82, 2.24) is 9.55 Å². The van der Waals surface area contributed by atoms with Crippen molar-refractivity contribution in [3.63, 3.8) is 0 Å². The second kappa shape index (κ2) is 10.8. The molecular weight excluding hydrogens is 615 g/mol. The highest BCUT2D eigenvalue weighted by molar-refractivity contribution is 7.86. The van der Waals surface area contributed by atoms with Crippen LogP contribution in [-0.4, -0.2) is 9.55 Å². The number of imidazole rings is 1. The van der Waals surface area contributed by atoms with E-state index < -0.39 is 7.14 Å². The van der Waals surface area contributed by atoms with E-state index in [2.05, 4.69) is 114 Å². The van der Waals surface area contributed by atoms with E-state index in [1.165, 1.54) is 32.7 Å². The van der Waals surface area contributed by atoms with Gasteiger partial charge in [-0.3, -0.25) is 4.57 Å². The van der Waals surface area contributed by atoms with Gasteiger partial charge in [0.25, 0.3) is 0 Å². The fraction of sp³-hybridized carbons (Fsp3) is 0. The van der Waals surface area contributed by atoms with Crippen LogP contribution in [0.15, 0.2) is 176 Å². The van der Waals surface area contributed by atoms with E-state index in [0.717, 1.165) is 55.1 Å². The molecule has 0 saturated heterocycles. The Morgan fingerprint density at radius 2 is 1.12 bits per heavy atom. The first-order valence-electron chi connectivity index (χ1n) is 16.6. The Labute approximate surface area is 284 Å². The normalized spacial score (nSPS) is 15.1. The molecule has 0 spiro atoms. The third-order valence-corrected chi connectivity index (χ3v) is 13.1. The fourth-order valence-corrected chi connectivity index (χ4v) is 10.7. The second-order valence-electron chi connectivity index (χ2n) is 12.7. The highest BCUT2D eigenvalue weighted by Gasteiger charge is 2.40. The van der Waals surface area contributed by atoms with Crippen molar-refractivity contribution in [3.05, 3.63) is 176 Å². The van der Waals surface area contributed by atoms with Crippen molar-refractivity contribution in [2.45, 2.75) is 0 Å². The molecule has 1 unspecified atom stereocenters. The molecule has 3 nitrogen and oxygen atoms in total. The van der Waals surface area contributed by atoms with E-state index in [9.17, 15) is 0 Å². The monoisotopic (exact) mass is 644 g/mol. The van der Waals surface area contributed by atoms with Crippen LogP contribution in [0.1, 0.15) is 0 Å². The van der Waals surface area contributed by atoms with Crippen LogP contribution >= 0.6 is 7.14 Å². The summed E-state index contributed by atoms with van der Waals surface area (Å²) >= 11 is 0. The van der Waals surface area contributed by atoms with Gasteiger partial charge in [-0.05, 0) is 74.1 Å². The van der Waals surface area contributed by atoms with Gasteiger partial charge in [0.05, 0.1) is 16.7 Å². The molecule has 0 aliphatic carbocycles. The molecule has 10 rings (SSSR count). The van der Waals surface area contributed by atoms with Crippen LogP contribution in [-0.2, 0) is 4.57 Å². The predicted molar refractivity (Wildman–Crippen MR) is 205 cm³/mol. The van der Waals surface area contributed by atoms with Gasteiger partial charge in [-0.1, -0.05) is 146 Å². The van der Waals surface area contributed by atoms with Gasteiger partial charge in [0.1, 0.15) is 5.82 Å². The lowest BCUT2D eigenvalue weighted by molar-refractivity contribution is 0.592. The summed E-state index contributed by atoms with van der Waals surface area (Å²) in [4.78, 5) is 5.11. The molecule has 1 aliphatic rings. The van der Waals surface area contributed by atoms with Crippen LogP contribution in [0.2, 0.25) is 0 Å². The van der Waals surface area contributed by atoms with Gasteiger partial charge in [-0.25, -0.2) is 4.98 Å². The molecule has 0 bridgehead atoms. The Morgan fingerprint density at radius 1 is 0.469 bits per heavy atom. The van der Waals surface area contributed by atoms with Crippen molar-refractivity contribution >= 4 is 55.6 Å². The number of hydrogen-bond acceptors (Lipinski definition) is 2. The Balaban J connectivity index is 1.17. The third-order valence-electron chi connectivity index (χ3n) is 10.00. The second-order valence-corrected chi connectivity index (χ2v) is 15.4. The summed E-state index contributed by atoms with van der Waals surface area (Å²) in [5.74, 6) is 0.850. The Morgan fingerprint density at radius 3 is 1.92 bits per heavy atom. The van der Waals surface area contributed by atoms with Gasteiger partial charge in [0.2, 0.25) is 0 Å². The Hall–Kier alpha value is -6.02. The van der Waals surface area contributed by atoms with Crippen LogP contribution in [0, 0.1) is 0 Å². The number of aromatic nitrogens is 2. The maximum absolute atomic E-state index is 15.8. The van der Waals surface area contributed by atoms with Gasteiger partial charge in [-0.15, -0.1) is 0 Å². The number of hydrogen-bond donors (Lipinski definition) is 0. The van der Waals surface area contributed by atoms with E-state index in [1.54, 1.807) is 0 Å². The summed E-state index contributed by atoms with van der Waals surface area (Å²) in [7, 11) is -3.26. The topological polar surface area (TPSA) is 34.9 Å². The van der Waals surface area contributed by atoms with Gasteiger partial charge in [-0.2, -0.15) is 0 Å². The molecule has 8 aromatic carbocycles. The summed E-state index contributed by atoms with van der Waals surface area (Å²) in [5, 5.41) is 7.48. The molecule has 0 saturated carbocycles. The minimum absolute atomic E-state index is 0.827. The summed E-state index contributed by atoms with van der Waals surface area (Å²) in [6, 6.07) is 61.1.